The van der Waals surface area contributed by atoms with E-state index in [0.717, 1.165) is 11.1 Å². The molecule has 3 rings (SSSR count). The van der Waals surface area contributed by atoms with Crippen LogP contribution in [0, 0.1) is 6.92 Å². The van der Waals surface area contributed by atoms with Crippen LogP contribution in [0.2, 0.25) is 0 Å². The van der Waals surface area contributed by atoms with Gasteiger partial charge in [0.05, 0.1) is 6.20 Å². The van der Waals surface area contributed by atoms with E-state index in [1.807, 2.05) is 36.9 Å². The summed E-state index contributed by atoms with van der Waals surface area (Å²) in [5.41, 5.74) is 0.664. The lowest BCUT2D eigenvalue weighted by Gasteiger charge is -2.03. The minimum Gasteiger partial charge on any atom is -0.444 e. The standard InChI is InChI=1S/C13H13N3O2/c1-9-7-14-11(18-9)8-16-6-4-10-3-5-15(2)12(10)13(16)17/h3-7H,8H2,1-2H3. The van der Waals surface area contributed by atoms with E-state index in [4.69, 9.17) is 4.42 Å². The summed E-state index contributed by atoms with van der Waals surface area (Å²) in [7, 11) is 1.86. The van der Waals surface area contributed by atoms with Crippen molar-refractivity contribution >= 4 is 10.9 Å². The molecule has 0 bridgehead atoms. The molecule has 92 valence electrons. The molecule has 3 heterocycles. The Morgan fingerprint density at radius 1 is 1.33 bits per heavy atom. The molecule has 0 saturated carbocycles. The number of aromatic nitrogens is 3. The second-order valence-corrected chi connectivity index (χ2v) is 4.34. The van der Waals surface area contributed by atoms with Gasteiger partial charge < -0.3 is 13.6 Å². The van der Waals surface area contributed by atoms with E-state index in [1.165, 1.54) is 0 Å². The van der Waals surface area contributed by atoms with Gasteiger partial charge in [-0.2, -0.15) is 0 Å². The molecule has 0 aliphatic heterocycles. The van der Waals surface area contributed by atoms with Crippen molar-refractivity contribution in [3.63, 3.8) is 0 Å². The molecule has 0 unspecified atom stereocenters. The number of pyridine rings is 1. The zero-order chi connectivity index (χ0) is 12.7. The van der Waals surface area contributed by atoms with Crippen LogP contribution in [-0.4, -0.2) is 14.1 Å². The summed E-state index contributed by atoms with van der Waals surface area (Å²) >= 11 is 0. The van der Waals surface area contributed by atoms with E-state index >= 15 is 0 Å². The maximum Gasteiger partial charge on any atom is 0.275 e. The van der Waals surface area contributed by atoms with Gasteiger partial charge in [-0.05, 0) is 19.1 Å². The van der Waals surface area contributed by atoms with Crippen molar-refractivity contribution in [2.24, 2.45) is 7.05 Å². The first-order chi connectivity index (χ1) is 8.65. The van der Waals surface area contributed by atoms with Crippen LogP contribution in [0.1, 0.15) is 11.7 Å². The first kappa shape index (κ1) is 10.8. The van der Waals surface area contributed by atoms with E-state index in [0.29, 0.717) is 18.0 Å². The molecular formula is C13H13N3O2. The lowest BCUT2D eigenvalue weighted by molar-refractivity contribution is 0.455. The normalized spacial score (nSPS) is 11.2. The second kappa shape index (κ2) is 3.87. The first-order valence-electron chi connectivity index (χ1n) is 5.71. The Morgan fingerprint density at radius 3 is 2.83 bits per heavy atom. The van der Waals surface area contributed by atoms with Crippen LogP contribution in [0.3, 0.4) is 0 Å². The van der Waals surface area contributed by atoms with Crippen LogP contribution in [0.15, 0.2) is 39.9 Å². The van der Waals surface area contributed by atoms with Crippen LogP contribution < -0.4 is 5.56 Å². The number of rotatable bonds is 2. The molecule has 0 N–H and O–H groups in total. The molecule has 3 aromatic heterocycles. The fraction of sp³-hybridized carbons (Fsp3) is 0.231. The molecule has 3 aromatic rings. The minimum absolute atomic E-state index is 0.0316. The molecule has 5 nitrogen and oxygen atoms in total. The highest BCUT2D eigenvalue weighted by molar-refractivity contribution is 5.78. The highest BCUT2D eigenvalue weighted by atomic mass is 16.4. The summed E-state index contributed by atoms with van der Waals surface area (Å²) in [6.07, 6.45) is 5.30. The average molecular weight is 243 g/mol. The maximum atomic E-state index is 12.3. The second-order valence-electron chi connectivity index (χ2n) is 4.34. The highest BCUT2D eigenvalue weighted by Crippen LogP contribution is 2.10. The average Bonchev–Trinajstić information content (AvgIpc) is 2.90. The Kier molecular flexibility index (Phi) is 2.33. The van der Waals surface area contributed by atoms with Crippen molar-refractivity contribution in [3.05, 3.63) is 52.7 Å². The Hall–Kier alpha value is -2.30. The van der Waals surface area contributed by atoms with Gasteiger partial charge >= 0.3 is 0 Å². The van der Waals surface area contributed by atoms with Crippen molar-refractivity contribution in [3.8, 4) is 0 Å². The van der Waals surface area contributed by atoms with Crippen LogP contribution in [-0.2, 0) is 13.6 Å². The van der Waals surface area contributed by atoms with Gasteiger partial charge in [-0.1, -0.05) is 0 Å². The summed E-state index contributed by atoms with van der Waals surface area (Å²) in [5, 5.41) is 0.947. The predicted octanol–water partition coefficient (Wildman–Crippen LogP) is 1.68. The SMILES string of the molecule is Cc1cnc(Cn2ccc3ccn(C)c3c2=O)o1. The van der Waals surface area contributed by atoms with Gasteiger partial charge in [-0.15, -0.1) is 0 Å². The van der Waals surface area contributed by atoms with E-state index in [2.05, 4.69) is 4.98 Å². The van der Waals surface area contributed by atoms with Crippen LogP contribution in [0.25, 0.3) is 10.9 Å². The monoisotopic (exact) mass is 243 g/mol. The Morgan fingerprint density at radius 2 is 2.11 bits per heavy atom. The van der Waals surface area contributed by atoms with Crippen LogP contribution in [0.4, 0.5) is 0 Å². The quantitative estimate of drug-likeness (QED) is 0.688. The molecular weight excluding hydrogens is 230 g/mol. The molecule has 18 heavy (non-hydrogen) atoms. The molecule has 0 spiro atoms. The number of aryl methyl sites for hydroxylation is 2. The summed E-state index contributed by atoms with van der Waals surface area (Å²) in [6.45, 7) is 2.19. The van der Waals surface area contributed by atoms with Crippen molar-refractivity contribution in [1.29, 1.82) is 0 Å². The van der Waals surface area contributed by atoms with Gasteiger partial charge in [0.25, 0.3) is 5.56 Å². The van der Waals surface area contributed by atoms with E-state index in [-0.39, 0.29) is 5.56 Å². The molecule has 0 atom stereocenters. The molecule has 0 aliphatic carbocycles. The fourth-order valence-electron chi connectivity index (χ4n) is 2.08. The number of hydrogen-bond donors (Lipinski definition) is 0. The molecule has 0 radical (unpaired) electrons. The number of nitrogens with zero attached hydrogens (tertiary/aromatic N) is 3. The van der Waals surface area contributed by atoms with Gasteiger partial charge in [-0.25, -0.2) is 4.98 Å². The Bertz CT molecular complexity index is 764. The third kappa shape index (κ3) is 1.64. The van der Waals surface area contributed by atoms with Gasteiger partial charge in [0.1, 0.15) is 17.8 Å². The van der Waals surface area contributed by atoms with Crippen molar-refractivity contribution < 1.29 is 4.42 Å². The van der Waals surface area contributed by atoms with Crippen molar-refractivity contribution in [1.82, 2.24) is 14.1 Å². The number of hydrogen-bond acceptors (Lipinski definition) is 3. The highest BCUT2D eigenvalue weighted by Gasteiger charge is 2.08. The van der Waals surface area contributed by atoms with Gasteiger partial charge in [0.2, 0.25) is 5.89 Å². The van der Waals surface area contributed by atoms with E-state index in [1.54, 1.807) is 17.0 Å². The van der Waals surface area contributed by atoms with E-state index in [9.17, 15) is 4.79 Å². The van der Waals surface area contributed by atoms with Gasteiger partial charge in [0, 0.05) is 24.8 Å². The lowest BCUT2D eigenvalue weighted by atomic mass is 10.3. The number of oxazole rings is 1. The van der Waals surface area contributed by atoms with Gasteiger partial charge in [-0.3, -0.25) is 4.79 Å². The third-order valence-electron chi connectivity index (χ3n) is 2.98. The smallest absolute Gasteiger partial charge is 0.275 e. The van der Waals surface area contributed by atoms with Crippen LogP contribution >= 0.6 is 0 Å². The maximum absolute atomic E-state index is 12.3. The molecule has 0 aliphatic rings. The molecule has 0 aromatic carbocycles. The van der Waals surface area contributed by atoms with Crippen molar-refractivity contribution in [2.45, 2.75) is 13.5 Å². The van der Waals surface area contributed by atoms with Crippen molar-refractivity contribution in [2.75, 3.05) is 0 Å². The largest absolute Gasteiger partial charge is 0.444 e. The van der Waals surface area contributed by atoms with Crippen LogP contribution in [0.5, 0.6) is 0 Å². The lowest BCUT2D eigenvalue weighted by Crippen LogP contribution is -2.21. The van der Waals surface area contributed by atoms with E-state index < -0.39 is 0 Å². The third-order valence-corrected chi connectivity index (χ3v) is 2.98. The minimum atomic E-state index is -0.0316. The zero-order valence-corrected chi connectivity index (χ0v) is 10.3. The summed E-state index contributed by atoms with van der Waals surface area (Å²) in [6, 6.07) is 3.85. The first-order valence-corrected chi connectivity index (χ1v) is 5.71. The Labute approximate surface area is 103 Å². The number of fused-ring (bicyclic) bond motifs is 1. The zero-order valence-electron chi connectivity index (χ0n) is 10.3. The predicted molar refractivity (Wildman–Crippen MR) is 67.5 cm³/mol. The summed E-state index contributed by atoms with van der Waals surface area (Å²) in [5.74, 6) is 1.29. The summed E-state index contributed by atoms with van der Waals surface area (Å²) < 4.78 is 8.82. The molecule has 5 heteroatoms. The molecule has 0 saturated heterocycles. The summed E-state index contributed by atoms with van der Waals surface area (Å²) in [4.78, 5) is 16.4. The van der Waals surface area contributed by atoms with Gasteiger partial charge in [0.15, 0.2) is 0 Å². The Balaban J connectivity index is 2.10. The molecule has 0 amide bonds. The fourth-order valence-corrected chi connectivity index (χ4v) is 2.08. The molecule has 0 fully saturated rings. The topological polar surface area (TPSA) is 53.0 Å².